The smallest absolute Gasteiger partial charge is 0.254 e. The van der Waals surface area contributed by atoms with E-state index in [2.05, 4.69) is 13.8 Å². The Morgan fingerprint density at radius 2 is 2.05 bits per heavy atom. The number of amides is 1. The predicted molar refractivity (Wildman–Crippen MR) is 78.2 cm³/mol. The van der Waals surface area contributed by atoms with Crippen molar-refractivity contribution in [2.45, 2.75) is 40.2 Å². The van der Waals surface area contributed by atoms with Gasteiger partial charge in [0.05, 0.1) is 0 Å². The molecule has 104 valence electrons. The van der Waals surface area contributed by atoms with Gasteiger partial charge in [0.1, 0.15) is 0 Å². The summed E-state index contributed by atoms with van der Waals surface area (Å²) in [6.07, 6.45) is 0.879. The van der Waals surface area contributed by atoms with Crippen LogP contribution in [0.3, 0.4) is 0 Å². The normalized spacial score (nSPS) is 22.4. The molecule has 0 bridgehead atoms. The van der Waals surface area contributed by atoms with Gasteiger partial charge in [-0.05, 0) is 37.3 Å². The highest BCUT2D eigenvalue weighted by Gasteiger charge is 2.35. The van der Waals surface area contributed by atoms with Crippen LogP contribution in [0.25, 0.3) is 0 Å². The second-order valence-electron chi connectivity index (χ2n) is 6.43. The van der Waals surface area contributed by atoms with E-state index in [4.69, 9.17) is 5.73 Å². The quantitative estimate of drug-likeness (QED) is 0.843. The van der Waals surface area contributed by atoms with E-state index in [1.807, 2.05) is 36.9 Å². The number of hydrogen-bond donors (Lipinski definition) is 1. The van der Waals surface area contributed by atoms with Crippen LogP contribution in [0.2, 0.25) is 0 Å². The largest absolute Gasteiger partial charge is 0.338 e. The van der Waals surface area contributed by atoms with E-state index in [0.29, 0.717) is 0 Å². The van der Waals surface area contributed by atoms with Crippen molar-refractivity contribution < 1.29 is 4.79 Å². The minimum absolute atomic E-state index is 0.00829. The summed E-state index contributed by atoms with van der Waals surface area (Å²) in [6, 6.07) is 6.22. The van der Waals surface area contributed by atoms with Crippen LogP contribution in [0.15, 0.2) is 18.2 Å². The van der Waals surface area contributed by atoms with Gasteiger partial charge in [0.2, 0.25) is 0 Å². The summed E-state index contributed by atoms with van der Waals surface area (Å²) in [4.78, 5) is 14.6. The Balaban J connectivity index is 2.23. The van der Waals surface area contributed by atoms with Crippen LogP contribution in [0, 0.1) is 19.3 Å². The maximum atomic E-state index is 12.7. The lowest BCUT2D eigenvalue weighted by molar-refractivity contribution is 0.0532. The number of aryl methyl sites for hydroxylation is 2. The van der Waals surface area contributed by atoms with Gasteiger partial charge in [0, 0.05) is 24.7 Å². The Kier molecular flexibility index (Phi) is 3.68. The fourth-order valence-electron chi connectivity index (χ4n) is 2.68. The van der Waals surface area contributed by atoms with E-state index in [-0.39, 0.29) is 17.4 Å². The summed E-state index contributed by atoms with van der Waals surface area (Å²) in [5.41, 5.74) is 9.12. The summed E-state index contributed by atoms with van der Waals surface area (Å²) in [5, 5.41) is 0. The van der Waals surface area contributed by atoms with Crippen LogP contribution in [0.1, 0.15) is 41.8 Å². The molecule has 1 aliphatic heterocycles. The van der Waals surface area contributed by atoms with Gasteiger partial charge in [-0.3, -0.25) is 4.79 Å². The molecule has 1 heterocycles. The maximum absolute atomic E-state index is 12.7. The van der Waals surface area contributed by atoms with E-state index in [9.17, 15) is 4.79 Å². The first-order valence-corrected chi connectivity index (χ1v) is 6.93. The minimum atomic E-state index is -0.00829. The lowest BCUT2D eigenvalue weighted by atomic mass is 9.79. The van der Waals surface area contributed by atoms with Crippen LogP contribution in [0.4, 0.5) is 0 Å². The summed E-state index contributed by atoms with van der Waals surface area (Å²) in [6.45, 7) is 9.79. The van der Waals surface area contributed by atoms with Gasteiger partial charge in [-0.25, -0.2) is 0 Å². The number of piperidine rings is 1. The third-order valence-corrected chi connectivity index (χ3v) is 4.22. The third kappa shape index (κ3) is 2.81. The van der Waals surface area contributed by atoms with E-state index < -0.39 is 0 Å². The number of hydrogen-bond acceptors (Lipinski definition) is 2. The van der Waals surface area contributed by atoms with Gasteiger partial charge in [0.15, 0.2) is 0 Å². The van der Waals surface area contributed by atoms with Gasteiger partial charge in [-0.1, -0.05) is 31.5 Å². The lowest BCUT2D eigenvalue weighted by Crippen LogP contribution is -2.54. The Morgan fingerprint density at radius 3 is 2.68 bits per heavy atom. The van der Waals surface area contributed by atoms with Crippen molar-refractivity contribution in [3.8, 4) is 0 Å². The molecule has 1 atom stereocenters. The number of carbonyl (C=O) groups excluding carboxylic acids is 1. The van der Waals surface area contributed by atoms with Crippen LogP contribution in [-0.4, -0.2) is 29.9 Å². The van der Waals surface area contributed by atoms with Crippen molar-refractivity contribution in [1.29, 1.82) is 0 Å². The molecular weight excluding hydrogens is 236 g/mol. The molecule has 0 radical (unpaired) electrons. The molecule has 0 aromatic heterocycles. The molecule has 2 N–H and O–H groups in total. The topological polar surface area (TPSA) is 46.3 Å². The number of likely N-dealkylation sites (tertiary alicyclic amines) is 1. The van der Waals surface area contributed by atoms with Gasteiger partial charge in [-0.2, -0.15) is 0 Å². The number of nitrogens with zero attached hydrogens (tertiary/aromatic N) is 1. The molecule has 3 nitrogen and oxygen atoms in total. The Labute approximate surface area is 115 Å². The average Bonchev–Trinajstić information content (AvgIpc) is 2.35. The minimum Gasteiger partial charge on any atom is -0.338 e. The number of rotatable bonds is 1. The molecule has 1 amide bonds. The first-order chi connectivity index (χ1) is 8.81. The van der Waals surface area contributed by atoms with Crippen molar-refractivity contribution in [3.05, 3.63) is 34.9 Å². The second kappa shape index (κ2) is 4.97. The highest BCUT2D eigenvalue weighted by Crippen LogP contribution is 2.29. The highest BCUT2D eigenvalue weighted by atomic mass is 16.2. The molecule has 1 aromatic carbocycles. The first-order valence-electron chi connectivity index (χ1n) is 6.93. The van der Waals surface area contributed by atoms with Gasteiger partial charge < -0.3 is 10.6 Å². The summed E-state index contributed by atoms with van der Waals surface area (Å²) < 4.78 is 0. The Morgan fingerprint density at radius 1 is 1.37 bits per heavy atom. The van der Waals surface area contributed by atoms with Crippen molar-refractivity contribution >= 4 is 5.91 Å². The van der Waals surface area contributed by atoms with Crippen LogP contribution >= 0.6 is 0 Å². The average molecular weight is 260 g/mol. The third-order valence-electron chi connectivity index (χ3n) is 4.22. The van der Waals surface area contributed by atoms with Gasteiger partial charge in [0.25, 0.3) is 5.91 Å². The number of carbonyl (C=O) groups is 1. The molecule has 1 saturated heterocycles. The molecule has 0 spiro atoms. The van der Waals surface area contributed by atoms with Gasteiger partial charge >= 0.3 is 0 Å². The van der Waals surface area contributed by atoms with Crippen LogP contribution in [0.5, 0.6) is 0 Å². The zero-order valence-corrected chi connectivity index (χ0v) is 12.4. The second-order valence-corrected chi connectivity index (χ2v) is 6.43. The fraction of sp³-hybridized carbons (Fsp3) is 0.562. The van der Waals surface area contributed by atoms with Crippen LogP contribution in [-0.2, 0) is 0 Å². The van der Waals surface area contributed by atoms with Crippen molar-refractivity contribution in [1.82, 2.24) is 4.90 Å². The fourth-order valence-corrected chi connectivity index (χ4v) is 2.68. The molecule has 2 rings (SSSR count). The molecule has 1 fully saturated rings. The van der Waals surface area contributed by atoms with Crippen LogP contribution < -0.4 is 5.73 Å². The Hall–Kier alpha value is -1.35. The molecule has 1 aliphatic rings. The highest BCUT2D eigenvalue weighted by molar-refractivity contribution is 5.96. The maximum Gasteiger partial charge on any atom is 0.254 e. The Bertz CT molecular complexity index is 494. The molecule has 0 aliphatic carbocycles. The molecule has 3 heteroatoms. The monoisotopic (exact) mass is 260 g/mol. The molecular formula is C16H24N2O. The van der Waals surface area contributed by atoms with E-state index >= 15 is 0 Å². The molecule has 19 heavy (non-hydrogen) atoms. The lowest BCUT2D eigenvalue weighted by Gasteiger charge is -2.42. The van der Waals surface area contributed by atoms with Crippen molar-refractivity contribution in [3.63, 3.8) is 0 Å². The van der Waals surface area contributed by atoms with Crippen molar-refractivity contribution in [2.75, 3.05) is 13.1 Å². The zero-order valence-electron chi connectivity index (χ0n) is 12.4. The standard InChI is InChI=1S/C16H24N2O/c1-11-5-6-12(2)13(9-11)15(19)18-8-7-14(17)16(3,4)10-18/h5-6,9,14H,7-8,10,17H2,1-4H3. The summed E-state index contributed by atoms with van der Waals surface area (Å²) >= 11 is 0. The summed E-state index contributed by atoms with van der Waals surface area (Å²) in [5.74, 6) is 0.140. The van der Waals surface area contributed by atoms with E-state index in [0.717, 1.165) is 36.2 Å². The first kappa shape index (κ1) is 14.1. The predicted octanol–water partition coefficient (Wildman–Crippen LogP) is 2.50. The molecule has 1 aromatic rings. The number of nitrogens with two attached hydrogens (primary N) is 1. The molecule has 0 saturated carbocycles. The van der Waals surface area contributed by atoms with Crippen molar-refractivity contribution in [2.24, 2.45) is 11.1 Å². The van der Waals surface area contributed by atoms with E-state index in [1.54, 1.807) is 0 Å². The zero-order chi connectivity index (χ0) is 14.2. The van der Waals surface area contributed by atoms with Gasteiger partial charge in [-0.15, -0.1) is 0 Å². The number of benzene rings is 1. The SMILES string of the molecule is Cc1ccc(C)c(C(=O)N2CCC(N)C(C)(C)C2)c1. The summed E-state index contributed by atoms with van der Waals surface area (Å²) in [7, 11) is 0. The van der Waals surface area contributed by atoms with E-state index in [1.165, 1.54) is 0 Å². The molecule has 1 unspecified atom stereocenters.